The van der Waals surface area contributed by atoms with Crippen LogP contribution in [0.2, 0.25) is 0 Å². The summed E-state index contributed by atoms with van der Waals surface area (Å²) in [5, 5.41) is 3.54. The Kier molecular flexibility index (Phi) is 5.50. The average molecular weight is 252 g/mol. The molecule has 0 aromatic rings. The summed E-state index contributed by atoms with van der Waals surface area (Å²) in [6.45, 7) is 11.3. The zero-order valence-corrected chi connectivity index (χ0v) is 12.5. The fraction of sp³-hybridized carbons (Fsp3) is 1.00. The molecule has 2 rings (SSSR count). The molecule has 18 heavy (non-hydrogen) atoms. The molecule has 1 unspecified atom stereocenters. The van der Waals surface area contributed by atoms with Gasteiger partial charge in [-0.15, -0.1) is 0 Å². The van der Waals surface area contributed by atoms with E-state index in [1.165, 1.54) is 77.7 Å². The molecule has 0 radical (unpaired) electrons. The molecule has 0 aromatic carbocycles. The van der Waals surface area contributed by atoms with Gasteiger partial charge in [-0.05, 0) is 76.2 Å². The molecule has 1 N–H and O–H groups in total. The molecule has 2 aliphatic rings. The van der Waals surface area contributed by atoms with Gasteiger partial charge in [-0.1, -0.05) is 26.7 Å². The van der Waals surface area contributed by atoms with Crippen LogP contribution in [0.5, 0.6) is 0 Å². The average Bonchev–Trinajstić information content (AvgIpc) is 2.47. The molecule has 2 fully saturated rings. The largest absolute Gasteiger partial charge is 0.316 e. The SMILES string of the molecule is CCC1(CC)CCN(CCC2CCCNC2)CC1. The first-order valence-electron chi connectivity index (χ1n) is 8.21. The molecule has 1 atom stereocenters. The first-order valence-corrected chi connectivity index (χ1v) is 8.21. The Balaban J connectivity index is 1.66. The number of hydrogen-bond donors (Lipinski definition) is 1. The summed E-state index contributed by atoms with van der Waals surface area (Å²) in [5.74, 6) is 0.947. The lowest BCUT2D eigenvalue weighted by molar-refractivity contribution is 0.0902. The molecule has 0 aliphatic carbocycles. The zero-order chi connectivity index (χ0) is 12.8. The highest BCUT2D eigenvalue weighted by Crippen LogP contribution is 2.37. The highest BCUT2D eigenvalue weighted by atomic mass is 15.1. The van der Waals surface area contributed by atoms with E-state index < -0.39 is 0 Å². The number of likely N-dealkylation sites (tertiary alicyclic amines) is 1. The minimum absolute atomic E-state index is 0.683. The topological polar surface area (TPSA) is 15.3 Å². The van der Waals surface area contributed by atoms with E-state index in [1.807, 2.05) is 0 Å². The van der Waals surface area contributed by atoms with E-state index in [4.69, 9.17) is 0 Å². The summed E-state index contributed by atoms with van der Waals surface area (Å²) >= 11 is 0. The Morgan fingerprint density at radius 1 is 1.17 bits per heavy atom. The van der Waals surface area contributed by atoms with Gasteiger partial charge in [0.15, 0.2) is 0 Å². The quantitative estimate of drug-likeness (QED) is 0.808. The van der Waals surface area contributed by atoms with E-state index in [2.05, 4.69) is 24.1 Å². The van der Waals surface area contributed by atoms with Gasteiger partial charge in [0, 0.05) is 0 Å². The standard InChI is InChI=1S/C16H32N2/c1-3-16(4-2)8-12-18(13-9-16)11-7-15-6-5-10-17-14-15/h15,17H,3-14H2,1-2H3. The van der Waals surface area contributed by atoms with E-state index in [0.717, 1.165) is 5.92 Å². The second kappa shape index (κ2) is 6.91. The number of nitrogens with zero attached hydrogens (tertiary/aromatic N) is 1. The molecule has 0 bridgehead atoms. The van der Waals surface area contributed by atoms with Crippen molar-refractivity contribution in [3.63, 3.8) is 0 Å². The van der Waals surface area contributed by atoms with Crippen LogP contribution in [0.25, 0.3) is 0 Å². The van der Waals surface area contributed by atoms with Crippen molar-refractivity contribution in [2.75, 3.05) is 32.7 Å². The molecule has 2 heterocycles. The molecular weight excluding hydrogens is 220 g/mol. The van der Waals surface area contributed by atoms with Crippen LogP contribution in [0.1, 0.15) is 58.8 Å². The van der Waals surface area contributed by atoms with E-state index in [9.17, 15) is 0 Å². The van der Waals surface area contributed by atoms with Crippen LogP contribution in [0.4, 0.5) is 0 Å². The Bertz CT molecular complexity index is 219. The number of nitrogens with one attached hydrogen (secondary N) is 1. The third-order valence-corrected chi connectivity index (χ3v) is 5.67. The number of hydrogen-bond acceptors (Lipinski definition) is 2. The molecular formula is C16H32N2. The van der Waals surface area contributed by atoms with E-state index in [1.54, 1.807) is 0 Å². The Morgan fingerprint density at radius 2 is 1.89 bits per heavy atom. The maximum Gasteiger partial charge on any atom is -0.00134 e. The minimum Gasteiger partial charge on any atom is -0.316 e. The molecule has 0 spiro atoms. The summed E-state index contributed by atoms with van der Waals surface area (Å²) in [6.07, 6.45) is 9.88. The maximum absolute atomic E-state index is 3.54. The van der Waals surface area contributed by atoms with Crippen LogP contribution in [0, 0.1) is 11.3 Å². The molecule has 0 aromatic heterocycles. The summed E-state index contributed by atoms with van der Waals surface area (Å²) in [6, 6.07) is 0. The lowest BCUT2D eigenvalue weighted by atomic mass is 9.74. The highest BCUT2D eigenvalue weighted by Gasteiger charge is 2.31. The van der Waals surface area contributed by atoms with Crippen molar-refractivity contribution in [3.8, 4) is 0 Å². The predicted octanol–water partition coefficient (Wildman–Crippen LogP) is 3.28. The first kappa shape index (κ1) is 14.3. The van der Waals surface area contributed by atoms with Crippen molar-refractivity contribution in [2.24, 2.45) is 11.3 Å². The van der Waals surface area contributed by atoms with E-state index in [0.29, 0.717) is 5.41 Å². The summed E-state index contributed by atoms with van der Waals surface area (Å²) in [4.78, 5) is 2.72. The van der Waals surface area contributed by atoms with Crippen LogP contribution < -0.4 is 5.32 Å². The number of piperidine rings is 2. The fourth-order valence-electron chi connectivity index (χ4n) is 3.74. The van der Waals surface area contributed by atoms with Crippen LogP contribution in [-0.2, 0) is 0 Å². The summed E-state index contributed by atoms with van der Waals surface area (Å²) < 4.78 is 0. The molecule has 0 saturated carbocycles. The molecule has 106 valence electrons. The Hall–Kier alpha value is -0.0800. The van der Waals surface area contributed by atoms with Crippen molar-refractivity contribution < 1.29 is 0 Å². The van der Waals surface area contributed by atoms with Gasteiger partial charge in [-0.25, -0.2) is 0 Å². The fourth-order valence-corrected chi connectivity index (χ4v) is 3.74. The normalized spacial score (nSPS) is 29.3. The molecule has 2 heteroatoms. The first-order chi connectivity index (χ1) is 8.78. The predicted molar refractivity (Wildman–Crippen MR) is 78.9 cm³/mol. The number of rotatable bonds is 5. The lowest BCUT2D eigenvalue weighted by Crippen LogP contribution is -2.41. The van der Waals surface area contributed by atoms with Crippen molar-refractivity contribution >= 4 is 0 Å². The molecule has 0 amide bonds. The molecule has 2 nitrogen and oxygen atoms in total. The summed E-state index contributed by atoms with van der Waals surface area (Å²) in [7, 11) is 0. The maximum atomic E-state index is 3.54. The van der Waals surface area contributed by atoms with Crippen LogP contribution in [0.3, 0.4) is 0 Å². The molecule has 2 saturated heterocycles. The lowest BCUT2D eigenvalue weighted by Gasteiger charge is -2.41. The van der Waals surface area contributed by atoms with Crippen molar-refractivity contribution in [1.29, 1.82) is 0 Å². The van der Waals surface area contributed by atoms with Gasteiger partial charge in [0.05, 0.1) is 0 Å². The van der Waals surface area contributed by atoms with Gasteiger partial charge in [-0.2, -0.15) is 0 Å². The van der Waals surface area contributed by atoms with Crippen LogP contribution in [-0.4, -0.2) is 37.6 Å². The third-order valence-electron chi connectivity index (χ3n) is 5.67. The van der Waals surface area contributed by atoms with Gasteiger partial charge in [-0.3, -0.25) is 0 Å². The van der Waals surface area contributed by atoms with E-state index >= 15 is 0 Å². The Labute approximate surface area is 114 Å². The van der Waals surface area contributed by atoms with Crippen molar-refractivity contribution in [3.05, 3.63) is 0 Å². The van der Waals surface area contributed by atoms with Gasteiger partial charge < -0.3 is 10.2 Å². The van der Waals surface area contributed by atoms with Gasteiger partial charge >= 0.3 is 0 Å². The third kappa shape index (κ3) is 3.71. The second-order valence-corrected chi connectivity index (χ2v) is 6.55. The Morgan fingerprint density at radius 3 is 2.44 bits per heavy atom. The minimum atomic E-state index is 0.683. The van der Waals surface area contributed by atoms with Crippen molar-refractivity contribution in [1.82, 2.24) is 10.2 Å². The zero-order valence-electron chi connectivity index (χ0n) is 12.5. The van der Waals surface area contributed by atoms with Crippen LogP contribution in [0.15, 0.2) is 0 Å². The second-order valence-electron chi connectivity index (χ2n) is 6.55. The summed E-state index contributed by atoms with van der Waals surface area (Å²) in [5.41, 5.74) is 0.683. The van der Waals surface area contributed by atoms with Gasteiger partial charge in [0.1, 0.15) is 0 Å². The smallest absolute Gasteiger partial charge is 0.00134 e. The molecule has 2 aliphatic heterocycles. The van der Waals surface area contributed by atoms with E-state index in [-0.39, 0.29) is 0 Å². The highest BCUT2D eigenvalue weighted by molar-refractivity contribution is 4.84. The van der Waals surface area contributed by atoms with Gasteiger partial charge in [0.2, 0.25) is 0 Å². The van der Waals surface area contributed by atoms with Gasteiger partial charge in [0.25, 0.3) is 0 Å². The van der Waals surface area contributed by atoms with Crippen LogP contribution >= 0.6 is 0 Å². The monoisotopic (exact) mass is 252 g/mol. The van der Waals surface area contributed by atoms with Crippen molar-refractivity contribution in [2.45, 2.75) is 58.8 Å².